The highest BCUT2D eigenvalue weighted by atomic mass is 14.9. The summed E-state index contributed by atoms with van der Waals surface area (Å²) in [6.45, 7) is 4.66. The van der Waals surface area contributed by atoms with Crippen LogP contribution in [-0.4, -0.2) is 0 Å². The zero-order valence-corrected chi connectivity index (χ0v) is 19.5. The highest BCUT2D eigenvalue weighted by molar-refractivity contribution is 5.84. The molecule has 5 aromatic rings. The fourth-order valence-electron chi connectivity index (χ4n) is 5.20. The number of rotatable bonds is 4. The van der Waals surface area contributed by atoms with Crippen molar-refractivity contribution >= 4 is 11.4 Å². The Hall–Kier alpha value is -4.10. The van der Waals surface area contributed by atoms with Crippen LogP contribution >= 0.6 is 0 Å². The maximum absolute atomic E-state index is 3.58. The molecular weight excluding hydrogens is 410 g/mol. The van der Waals surface area contributed by atoms with Gasteiger partial charge >= 0.3 is 0 Å². The van der Waals surface area contributed by atoms with E-state index in [-0.39, 0.29) is 5.41 Å². The van der Waals surface area contributed by atoms with Crippen LogP contribution in [0.2, 0.25) is 0 Å². The molecule has 1 aliphatic rings. The summed E-state index contributed by atoms with van der Waals surface area (Å²) in [6.07, 6.45) is 0. The predicted molar refractivity (Wildman–Crippen MR) is 145 cm³/mol. The molecule has 0 fully saturated rings. The van der Waals surface area contributed by atoms with Crippen LogP contribution in [0.15, 0.2) is 121 Å². The minimum Gasteiger partial charge on any atom is -0.356 e. The van der Waals surface area contributed by atoms with E-state index in [1.165, 1.54) is 44.5 Å². The Bertz CT molecular complexity index is 1480. The third kappa shape index (κ3) is 3.50. The van der Waals surface area contributed by atoms with Gasteiger partial charge in [0, 0.05) is 16.8 Å². The fourth-order valence-corrected chi connectivity index (χ4v) is 5.20. The average molecular weight is 438 g/mol. The molecule has 6 rings (SSSR count). The minimum atomic E-state index is 0.0122. The molecule has 0 saturated heterocycles. The summed E-state index contributed by atoms with van der Waals surface area (Å²) in [7, 11) is 0. The monoisotopic (exact) mass is 437 g/mol. The average Bonchev–Trinajstić information content (AvgIpc) is 3.12. The second-order valence-electron chi connectivity index (χ2n) is 9.58. The standard InChI is InChI=1S/C33H27N/c1-33(2)31-14-7-6-13-29(31)30-20-17-26(22-32(30)33)25-11-8-12-28(21-25)34-27-18-15-24(16-19-27)23-9-4-3-5-10-23/h3-22,34H,1-2H3. The third-order valence-electron chi connectivity index (χ3n) is 7.06. The molecule has 0 bridgehead atoms. The Kier molecular flexibility index (Phi) is 4.85. The molecule has 1 N–H and O–H groups in total. The van der Waals surface area contributed by atoms with E-state index in [1.807, 2.05) is 6.07 Å². The van der Waals surface area contributed by atoms with Gasteiger partial charge in [-0.3, -0.25) is 0 Å². The molecule has 1 nitrogen and oxygen atoms in total. The molecule has 164 valence electrons. The van der Waals surface area contributed by atoms with E-state index in [9.17, 15) is 0 Å². The van der Waals surface area contributed by atoms with Crippen molar-refractivity contribution < 1.29 is 0 Å². The van der Waals surface area contributed by atoms with Gasteiger partial charge in [-0.05, 0) is 74.8 Å². The van der Waals surface area contributed by atoms with Crippen LogP contribution in [0, 0.1) is 0 Å². The molecule has 0 aliphatic heterocycles. The molecular formula is C33H27N. The van der Waals surface area contributed by atoms with Crippen molar-refractivity contribution in [2.75, 3.05) is 5.32 Å². The second-order valence-corrected chi connectivity index (χ2v) is 9.58. The Morgan fingerprint density at radius 2 is 1.06 bits per heavy atom. The molecule has 34 heavy (non-hydrogen) atoms. The van der Waals surface area contributed by atoms with Crippen molar-refractivity contribution in [3.05, 3.63) is 132 Å². The van der Waals surface area contributed by atoms with Crippen LogP contribution in [0.4, 0.5) is 11.4 Å². The normalized spacial score (nSPS) is 13.2. The number of nitrogens with one attached hydrogen (secondary N) is 1. The van der Waals surface area contributed by atoms with Crippen molar-refractivity contribution in [2.45, 2.75) is 19.3 Å². The van der Waals surface area contributed by atoms with E-state index in [0.717, 1.165) is 11.4 Å². The summed E-state index contributed by atoms with van der Waals surface area (Å²) in [5.74, 6) is 0. The molecule has 0 unspecified atom stereocenters. The molecule has 5 aromatic carbocycles. The maximum Gasteiger partial charge on any atom is 0.0390 e. The first kappa shape index (κ1) is 20.5. The summed E-state index contributed by atoms with van der Waals surface area (Å²) < 4.78 is 0. The largest absolute Gasteiger partial charge is 0.356 e. The Balaban J connectivity index is 1.28. The van der Waals surface area contributed by atoms with Gasteiger partial charge in [-0.25, -0.2) is 0 Å². The smallest absolute Gasteiger partial charge is 0.0390 e. The van der Waals surface area contributed by atoms with Crippen LogP contribution < -0.4 is 5.32 Å². The van der Waals surface area contributed by atoms with Crippen LogP contribution in [0.3, 0.4) is 0 Å². The maximum atomic E-state index is 3.58. The summed E-state index contributed by atoms with van der Waals surface area (Å²) >= 11 is 0. The Morgan fingerprint density at radius 3 is 1.88 bits per heavy atom. The first-order chi connectivity index (χ1) is 16.6. The van der Waals surface area contributed by atoms with Gasteiger partial charge in [0.1, 0.15) is 0 Å². The van der Waals surface area contributed by atoms with Gasteiger partial charge in [0.15, 0.2) is 0 Å². The zero-order chi connectivity index (χ0) is 23.1. The van der Waals surface area contributed by atoms with E-state index in [4.69, 9.17) is 0 Å². The van der Waals surface area contributed by atoms with Crippen molar-refractivity contribution in [1.82, 2.24) is 0 Å². The molecule has 0 atom stereocenters. The lowest BCUT2D eigenvalue weighted by Gasteiger charge is -2.22. The number of hydrogen-bond donors (Lipinski definition) is 1. The molecule has 1 heteroatoms. The lowest BCUT2D eigenvalue weighted by molar-refractivity contribution is 0.660. The summed E-state index contributed by atoms with van der Waals surface area (Å²) in [6, 6.07) is 43.5. The molecule has 0 heterocycles. The van der Waals surface area contributed by atoms with Crippen molar-refractivity contribution in [3.63, 3.8) is 0 Å². The SMILES string of the molecule is CC1(C)c2ccccc2-c2ccc(-c3cccc(Nc4ccc(-c5ccccc5)cc4)c3)cc21. The molecule has 0 radical (unpaired) electrons. The Morgan fingerprint density at radius 1 is 0.441 bits per heavy atom. The highest BCUT2D eigenvalue weighted by Crippen LogP contribution is 2.49. The quantitative estimate of drug-likeness (QED) is 0.296. The van der Waals surface area contributed by atoms with Crippen molar-refractivity contribution in [3.8, 4) is 33.4 Å². The van der Waals surface area contributed by atoms with Gasteiger partial charge in [-0.2, -0.15) is 0 Å². The van der Waals surface area contributed by atoms with Gasteiger partial charge in [0.2, 0.25) is 0 Å². The number of anilines is 2. The Labute approximate surface area is 201 Å². The van der Waals surface area contributed by atoms with E-state index in [1.54, 1.807) is 0 Å². The summed E-state index contributed by atoms with van der Waals surface area (Å²) in [5, 5.41) is 3.58. The van der Waals surface area contributed by atoms with E-state index in [2.05, 4.69) is 134 Å². The number of benzene rings is 5. The van der Waals surface area contributed by atoms with Crippen LogP contribution in [0.1, 0.15) is 25.0 Å². The van der Waals surface area contributed by atoms with E-state index in [0.29, 0.717) is 0 Å². The molecule has 0 amide bonds. The minimum absolute atomic E-state index is 0.0122. The van der Waals surface area contributed by atoms with E-state index < -0.39 is 0 Å². The second kappa shape index (κ2) is 8.04. The molecule has 0 spiro atoms. The first-order valence-corrected chi connectivity index (χ1v) is 11.9. The zero-order valence-electron chi connectivity index (χ0n) is 19.5. The summed E-state index contributed by atoms with van der Waals surface area (Å²) in [4.78, 5) is 0. The van der Waals surface area contributed by atoms with E-state index >= 15 is 0 Å². The predicted octanol–water partition coefficient (Wildman–Crippen LogP) is 9.07. The summed E-state index contributed by atoms with van der Waals surface area (Å²) in [5.41, 5.74) is 12.7. The van der Waals surface area contributed by atoms with Gasteiger partial charge in [-0.15, -0.1) is 0 Å². The lowest BCUT2D eigenvalue weighted by atomic mass is 9.81. The molecule has 1 aliphatic carbocycles. The van der Waals surface area contributed by atoms with Crippen LogP contribution in [-0.2, 0) is 5.41 Å². The fraction of sp³-hybridized carbons (Fsp3) is 0.0909. The highest BCUT2D eigenvalue weighted by Gasteiger charge is 2.35. The first-order valence-electron chi connectivity index (χ1n) is 11.9. The number of hydrogen-bond acceptors (Lipinski definition) is 1. The van der Waals surface area contributed by atoms with Gasteiger partial charge in [0.25, 0.3) is 0 Å². The van der Waals surface area contributed by atoms with Gasteiger partial charge < -0.3 is 5.32 Å². The molecule has 0 saturated carbocycles. The van der Waals surface area contributed by atoms with Gasteiger partial charge in [-0.1, -0.05) is 105 Å². The lowest BCUT2D eigenvalue weighted by Crippen LogP contribution is -2.14. The number of fused-ring (bicyclic) bond motifs is 3. The topological polar surface area (TPSA) is 12.0 Å². The van der Waals surface area contributed by atoms with Crippen LogP contribution in [0.25, 0.3) is 33.4 Å². The molecule has 0 aromatic heterocycles. The third-order valence-corrected chi connectivity index (χ3v) is 7.06. The van der Waals surface area contributed by atoms with Crippen molar-refractivity contribution in [1.29, 1.82) is 0 Å². The van der Waals surface area contributed by atoms with Crippen molar-refractivity contribution in [2.24, 2.45) is 0 Å². The van der Waals surface area contributed by atoms with Crippen LogP contribution in [0.5, 0.6) is 0 Å². The van der Waals surface area contributed by atoms with Gasteiger partial charge in [0.05, 0.1) is 0 Å².